The lowest BCUT2D eigenvalue weighted by atomic mass is 9.96. The molecule has 0 bridgehead atoms. The molecule has 0 aliphatic carbocycles. The molecule has 4 rings (SSSR count). The maximum atomic E-state index is 12.5. The standard InChI is InChI=1S/C23H31N5O2/c29-22(24-9-4-10-27-13-15-30-16-14-27)20-7-11-28(12-8-20)23-25-17-21(18-26-23)19-5-2-1-3-6-19/h1-3,5-6,17-18,20H,4,7-16H2,(H,24,29). The summed E-state index contributed by atoms with van der Waals surface area (Å²) in [5.74, 6) is 1.03. The van der Waals surface area contributed by atoms with Gasteiger partial charge in [-0.05, 0) is 31.4 Å². The van der Waals surface area contributed by atoms with Crippen molar-refractivity contribution in [2.45, 2.75) is 19.3 Å². The monoisotopic (exact) mass is 409 g/mol. The second kappa shape index (κ2) is 10.5. The molecule has 0 radical (unpaired) electrons. The molecule has 0 spiro atoms. The van der Waals surface area contributed by atoms with Crippen LogP contribution in [-0.4, -0.2) is 73.3 Å². The SMILES string of the molecule is O=C(NCCCN1CCOCC1)C1CCN(c2ncc(-c3ccccc3)cn2)CC1. The first kappa shape index (κ1) is 20.8. The summed E-state index contributed by atoms with van der Waals surface area (Å²) in [6, 6.07) is 10.2. The van der Waals surface area contributed by atoms with E-state index in [0.717, 1.165) is 88.8 Å². The van der Waals surface area contributed by atoms with Crippen LogP contribution in [0.4, 0.5) is 5.95 Å². The normalized spacial score (nSPS) is 18.3. The van der Waals surface area contributed by atoms with Gasteiger partial charge in [0.25, 0.3) is 0 Å². The molecule has 7 nitrogen and oxygen atoms in total. The van der Waals surface area contributed by atoms with Crippen LogP contribution in [0.1, 0.15) is 19.3 Å². The number of amides is 1. The number of hydrogen-bond acceptors (Lipinski definition) is 6. The number of hydrogen-bond donors (Lipinski definition) is 1. The molecule has 1 N–H and O–H groups in total. The van der Waals surface area contributed by atoms with Gasteiger partial charge in [-0.1, -0.05) is 30.3 Å². The van der Waals surface area contributed by atoms with Crippen LogP contribution in [0, 0.1) is 5.92 Å². The zero-order chi connectivity index (χ0) is 20.6. The first-order chi connectivity index (χ1) is 14.8. The van der Waals surface area contributed by atoms with Crippen LogP contribution in [-0.2, 0) is 9.53 Å². The number of anilines is 1. The van der Waals surface area contributed by atoms with E-state index >= 15 is 0 Å². The number of carbonyl (C=O) groups is 1. The third-order valence-corrected chi connectivity index (χ3v) is 5.95. The third kappa shape index (κ3) is 5.55. The quantitative estimate of drug-likeness (QED) is 0.707. The Bertz CT molecular complexity index is 785. The van der Waals surface area contributed by atoms with Gasteiger partial charge in [-0.15, -0.1) is 0 Å². The molecule has 0 saturated carbocycles. The fourth-order valence-electron chi connectivity index (χ4n) is 4.09. The van der Waals surface area contributed by atoms with E-state index in [1.807, 2.05) is 30.6 Å². The smallest absolute Gasteiger partial charge is 0.225 e. The average molecular weight is 410 g/mol. The lowest BCUT2D eigenvalue weighted by Gasteiger charge is -2.31. The number of morpholine rings is 1. The van der Waals surface area contributed by atoms with Crippen molar-refractivity contribution in [2.24, 2.45) is 5.92 Å². The molecular formula is C23H31N5O2. The predicted molar refractivity (Wildman–Crippen MR) is 117 cm³/mol. The lowest BCUT2D eigenvalue weighted by molar-refractivity contribution is -0.125. The minimum atomic E-state index is 0.0910. The molecule has 7 heteroatoms. The van der Waals surface area contributed by atoms with E-state index in [2.05, 4.69) is 37.2 Å². The van der Waals surface area contributed by atoms with Crippen LogP contribution in [0.3, 0.4) is 0 Å². The van der Waals surface area contributed by atoms with Crippen LogP contribution in [0.15, 0.2) is 42.7 Å². The minimum Gasteiger partial charge on any atom is -0.379 e. The van der Waals surface area contributed by atoms with E-state index in [1.165, 1.54) is 0 Å². The summed E-state index contributed by atoms with van der Waals surface area (Å²) in [6.07, 6.45) is 6.44. The number of piperidine rings is 1. The van der Waals surface area contributed by atoms with E-state index in [-0.39, 0.29) is 11.8 Å². The third-order valence-electron chi connectivity index (χ3n) is 5.95. The number of aromatic nitrogens is 2. The van der Waals surface area contributed by atoms with Gasteiger partial charge in [-0.2, -0.15) is 0 Å². The summed E-state index contributed by atoms with van der Waals surface area (Å²) in [5.41, 5.74) is 2.14. The molecule has 1 amide bonds. The number of rotatable bonds is 7. The van der Waals surface area contributed by atoms with Crippen molar-refractivity contribution in [3.05, 3.63) is 42.7 Å². The van der Waals surface area contributed by atoms with Crippen molar-refractivity contribution < 1.29 is 9.53 Å². The van der Waals surface area contributed by atoms with Crippen molar-refractivity contribution in [3.8, 4) is 11.1 Å². The molecule has 2 aliphatic rings. The number of nitrogens with one attached hydrogen (secondary N) is 1. The van der Waals surface area contributed by atoms with Gasteiger partial charge in [0.05, 0.1) is 13.2 Å². The van der Waals surface area contributed by atoms with E-state index < -0.39 is 0 Å². The molecule has 3 heterocycles. The fourth-order valence-corrected chi connectivity index (χ4v) is 4.09. The Balaban J connectivity index is 1.18. The molecular weight excluding hydrogens is 378 g/mol. The topological polar surface area (TPSA) is 70.6 Å². The minimum absolute atomic E-state index is 0.0910. The van der Waals surface area contributed by atoms with E-state index in [4.69, 9.17) is 4.74 Å². The number of benzene rings is 1. The van der Waals surface area contributed by atoms with Gasteiger partial charge in [-0.25, -0.2) is 9.97 Å². The number of nitrogens with zero attached hydrogens (tertiary/aromatic N) is 4. The average Bonchev–Trinajstić information content (AvgIpc) is 2.83. The second-order valence-electron chi connectivity index (χ2n) is 8.00. The Hall–Kier alpha value is -2.51. The van der Waals surface area contributed by atoms with E-state index in [9.17, 15) is 4.79 Å². The Labute approximate surface area is 178 Å². The summed E-state index contributed by atoms with van der Waals surface area (Å²) in [4.78, 5) is 26.2. The Morgan fingerprint density at radius 3 is 2.40 bits per heavy atom. The molecule has 1 aromatic carbocycles. The van der Waals surface area contributed by atoms with Crippen LogP contribution in [0.5, 0.6) is 0 Å². The van der Waals surface area contributed by atoms with Gasteiger partial charge in [0, 0.05) is 56.6 Å². The zero-order valence-electron chi connectivity index (χ0n) is 17.5. The first-order valence-corrected chi connectivity index (χ1v) is 11.0. The highest BCUT2D eigenvalue weighted by Gasteiger charge is 2.26. The lowest BCUT2D eigenvalue weighted by Crippen LogP contribution is -2.42. The first-order valence-electron chi connectivity index (χ1n) is 11.0. The molecule has 160 valence electrons. The number of ether oxygens (including phenoxy) is 1. The van der Waals surface area contributed by atoms with Gasteiger partial charge in [0.1, 0.15) is 0 Å². The van der Waals surface area contributed by atoms with Crippen molar-refractivity contribution in [2.75, 3.05) is 57.4 Å². The maximum Gasteiger partial charge on any atom is 0.225 e. The van der Waals surface area contributed by atoms with Gasteiger partial charge in [-0.3, -0.25) is 9.69 Å². The van der Waals surface area contributed by atoms with Crippen molar-refractivity contribution >= 4 is 11.9 Å². The molecule has 1 aromatic heterocycles. The molecule has 2 saturated heterocycles. The van der Waals surface area contributed by atoms with Gasteiger partial charge in [0.15, 0.2) is 0 Å². The largest absolute Gasteiger partial charge is 0.379 e. The summed E-state index contributed by atoms with van der Waals surface area (Å²) >= 11 is 0. The Kier molecular flexibility index (Phi) is 7.26. The summed E-state index contributed by atoms with van der Waals surface area (Å²) in [7, 11) is 0. The highest BCUT2D eigenvalue weighted by Crippen LogP contribution is 2.23. The molecule has 2 aromatic rings. The number of carbonyl (C=O) groups excluding carboxylic acids is 1. The summed E-state index contributed by atoms with van der Waals surface area (Å²) < 4.78 is 5.37. The molecule has 0 unspecified atom stereocenters. The maximum absolute atomic E-state index is 12.5. The Morgan fingerprint density at radius 1 is 1.00 bits per heavy atom. The van der Waals surface area contributed by atoms with Gasteiger partial charge in [0.2, 0.25) is 11.9 Å². The van der Waals surface area contributed by atoms with E-state index in [1.54, 1.807) is 0 Å². The highest BCUT2D eigenvalue weighted by atomic mass is 16.5. The van der Waals surface area contributed by atoms with Crippen LogP contribution in [0.2, 0.25) is 0 Å². The van der Waals surface area contributed by atoms with Gasteiger partial charge >= 0.3 is 0 Å². The van der Waals surface area contributed by atoms with Crippen LogP contribution in [0.25, 0.3) is 11.1 Å². The van der Waals surface area contributed by atoms with Crippen molar-refractivity contribution in [3.63, 3.8) is 0 Å². The zero-order valence-corrected chi connectivity index (χ0v) is 17.5. The van der Waals surface area contributed by atoms with Crippen molar-refractivity contribution in [1.82, 2.24) is 20.2 Å². The molecule has 0 atom stereocenters. The van der Waals surface area contributed by atoms with Crippen LogP contribution >= 0.6 is 0 Å². The molecule has 2 aliphatic heterocycles. The fraction of sp³-hybridized carbons (Fsp3) is 0.522. The summed E-state index contributed by atoms with van der Waals surface area (Å²) in [5, 5.41) is 3.13. The van der Waals surface area contributed by atoms with Crippen LogP contribution < -0.4 is 10.2 Å². The highest BCUT2D eigenvalue weighted by molar-refractivity contribution is 5.78. The predicted octanol–water partition coefficient (Wildman–Crippen LogP) is 2.20. The Morgan fingerprint density at radius 2 is 1.70 bits per heavy atom. The van der Waals surface area contributed by atoms with Crippen molar-refractivity contribution in [1.29, 1.82) is 0 Å². The summed E-state index contributed by atoms with van der Waals surface area (Å²) in [6.45, 7) is 7.06. The van der Waals surface area contributed by atoms with Gasteiger partial charge < -0.3 is 15.0 Å². The van der Waals surface area contributed by atoms with E-state index in [0.29, 0.717) is 0 Å². The molecule has 2 fully saturated rings. The second-order valence-corrected chi connectivity index (χ2v) is 8.00. The molecule has 30 heavy (non-hydrogen) atoms.